The zero-order chi connectivity index (χ0) is 35.1. The van der Waals surface area contributed by atoms with Crippen molar-refractivity contribution < 1.29 is 28.8 Å². The molecule has 11 nitrogen and oxygen atoms in total. The summed E-state index contributed by atoms with van der Waals surface area (Å²) in [5.74, 6) is 4.44. The van der Waals surface area contributed by atoms with Crippen LogP contribution in [0.2, 0.25) is 5.28 Å². The van der Waals surface area contributed by atoms with Crippen molar-refractivity contribution in [1.82, 2.24) is 19.7 Å². The van der Waals surface area contributed by atoms with Crippen molar-refractivity contribution in [3.05, 3.63) is 40.8 Å². The fourth-order valence-corrected chi connectivity index (χ4v) is 7.03. The van der Waals surface area contributed by atoms with Crippen LogP contribution in [0.5, 0.6) is 5.75 Å². The molecular weight excluding hydrogens is 646 g/mol. The fraction of sp³-hybridized carbons (Fsp3) is 0.649. The summed E-state index contributed by atoms with van der Waals surface area (Å²) >= 11 is 6.45. The second kappa shape index (κ2) is 20.0. The van der Waals surface area contributed by atoms with Gasteiger partial charge in [-0.2, -0.15) is 15.1 Å². The van der Waals surface area contributed by atoms with Crippen molar-refractivity contribution in [2.24, 2.45) is 5.92 Å². The van der Waals surface area contributed by atoms with E-state index in [-0.39, 0.29) is 23.3 Å². The largest absolute Gasteiger partial charge is 0.491 e. The summed E-state index contributed by atoms with van der Waals surface area (Å²) in [6, 6.07) is 6.69. The molecule has 2 atom stereocenters. The molecule has 0 radical (unpaired) electrons. The van der Waals surface area contributed by atoms with Crippen LogP contribution in [0.3, 0.4) is 0 Å². The Labute approximate surface area is 296 Å². The number of benzene rings is 1. The molecule has 49 heavy (non-hydrogen) atoms. The number of hydrogen-bond donors (Lipinski definition) is 1. The number of terminal acetylenes is 1. The number of halogens is 1. The first-order valence-electron chi connectivity index (χ1n) is 17.9. The first-order chi connectivity index (χ1) is 24.1. The lowest BCUT2D eigenvalue weighted by atomic mass is 9.74. The number of aromatic nitrogens is 4. The first kappa shape index (κ1) is 38.8. The number of fused-ring (bicyclic) bond motifs is 3. The van der Waals surface area contributed by atoms with Crippen LogP contribution in [0.15, 0.2) is 24.4 Å². The minimum absolute atomic E-state index is 0.0699. The number of hydrogen-bond acceptors (Lipinski definition) is 10. The zero-order valence-corrected chi connectivity index (χ0v) is 30.4. The summed E-state index contributed by atoms with van der Waals surface area (Å²) in [5.41, 5.74) is 3.60. The summed E-state index contributed by atoms with van der Waals surface area (Å²) in [4.78, 5) is 11.5. The van der Waals surface area contributed by atoms with Crippen molar-refractivity contribution in [3.8, 4) is 18.1 Å². The summed E-state index contributed by atoms with van der Waals surface area (Å²) in [5, 5.41) is 15.5. The van der Waals surface area contributed by atoms with Gasteiger partial charge in [0, 0.05) is 25.1 Å². The van der Waals surface area contributed by atoms with Gasteiger partial charge in [0.05, 0.1) is 63.9 Å². The number of ether oxygens (including phenoxy) is 5. The van der Waals surface area contributed by atoms with Crippen molar-refractivity contribution in [2.45, 2.75) is 71.3 Å². The van der Waals surface area contributed by atoms with Gasteiger partial charge in [0.2, 0.25) is 5.28 Å². The van der Waals surface area contributed by atoms with Crippen LogP contribution >= 0.6 is 11.6 Å². The average Bonchev–Trinajstić information content (AvgIpc) is 3.86. The van der Waals surface area contributed by atoms with Crippen LogP contribution in [-0.2, 0) is 30.8 Å². The van der Waals surface area contributed by atoms with E-state index in [2.05, 4.69) is 39.0 Å². The molecular formula is C37H54ClN5O6. The first-order valence-corrected chi connectivity index (χ1v) is 18.3. The molecule has 2 unspecified atom stereocenters. The van der Waals surface area contributed by atoms with Gasteiger partial charge in [-0.15, -0.1) is 6.42 Å². The maximum absolute atomic E-state index is 9.60. The summed E-state index contributed by atoms with van der Waals surface area (Å²) < 4.78 is 29.8. The van der Waals surface area contributed by atoms with Gasteiger partial charge >= 0.3 is 0 Å². The quantitative estimate of drug-likeness (QED) is 0.108. The highest BCUT2D eigenvalue weighted by molar-refractivity contribution is 6.28. The van der Waals surface area contributed by atoms with Gasteiger partial charge in [-0.3, -0.25) is 0 Å². The fourth-order valence-electron chi connectivity index (χ4n) is 6.87. The molecule has 1 aromatic carbocycles. The average molecular weight is 700 g/mol. The third kappa shape index (κ3) is 9.84. The molecule has 12 heteroatoms. The molecule has 1 saturated heterocycles. The molecule has 1 aliphatic heterocycles. The second-order valence-electron chi connectivity index (χ2n) is 12.1. The monoisotopic (exact) mass is 699 g/mol. The third-order valence-electron chi connectivity index (χ3n) is 9.13. The highest BCUT2D eigenvalue weighted by atomic mass is 35.5. The molecule has 1 saturated carbocycles. The Balaban J connectivity index is 0.00000130. The van der Waals surface area contributed by atoms with E-state index >= 15 is 0 Å². The normalized spacial score (nSPS) is 18.7. The smallest absolute Gasteiger partial charge is 0.226 e. The van der Waals surface area contributed by atoms with Crippen LogP contribution in [0.1, 0.15) is 70.5 Å². The Morgan fingerprint density at radius 2 is 1.61 bits per heavy atom. The van der Waals surface area contributed by atoms with Crippen molar-refractivity contribution in [2.75, 3.05) is 84.1 Å². The molecule has 2 aliphatic carbocycles. The number of nitrogens with zero attached hydrogens (tertiary/aromatic N) is 5. The summed E-state index contributed by atoms with van der Waals surface area (Å²) in [7, 11) is 0. The number of aliphatic hydroxyl groups is 1. The highest BCUT2D eigenvalue weighted by Crippen LogP contribution is 2.49. The third-order valence-corrected chi connectivity index (χ3v) is 9.30. The van der Waals surface area contributed by atoms with E-state index in [9.17, 15) is 5.11 Å². The second-order valence-corrected chi connectivity index (χ2v) is 12.4. The zero-order valence-electron chi connectivity index (χ0n) is 29.7. The molecule has 2 aromatic heterocycles. The topological polar surface area (TPSA) is 113 Å². The molecule has 2 fully saturated rings. The Kier molecular flexibility index (Phi) is 15.9. The van der Waals surface area contributed by atoms with Crippen LogP contribution in [0.25, 0.3) is 11.0 Å². The van der Waals surface area contributed by atoms with Crippen LogP contribution in [0.4, 0.5) is 5.82 Å². The van der Waals surface area contributed by atoms with E-state index < -0.39 is 0 Å². The molecule has 6 rings (SSSR count). The van der Waals surface area contributed by atoms with Crippen LogP contribution in [-0.4, -0.2) is 104 Å². The van der Waals surface area contributed by atoms with E-state index in [0.29, 0.717) is 65.4 Å². The van der Waals surface area contributed by atoms with Crippen molar-refractivity contribution >= 4 is 28.5 Å². The SMILES string of the molecule is C#CCOCCOCCOCCOCCOc1ccc2c(c1)C1(CC2)CN(c2nc(Cl)nc3c2cnn3C2CCC(CO)C2)C1.CC.CC. The van der Waals surface area contributed by atoms with Gasteiger partial charge in [0.15, 0.2) is 5.65 Å². The molecule has 3 aliphatic rings. The molecule has 1 N–H and O–H groups in total. The van der Waals surface area contributed by atoms with Crippen molar-refractivity contribution in [3.63, 3.8) is 0 Å². The number of rotatable bonds is 17. The minimum Gasteiger partial charge on any atom is -0.491 e. The molecule has 1 spiro atoms. The van der Waals surface area contributed by atoms with E-state index in [0.717, 1.165) is 67.8 Å². The van der Waals surface area contributed by atoms with E-state index in [4.69, 9.17) is 46.8 Å². The Morgan fingerprint density at radius 1 is 0.939 bits per heavy atom. The predicted molar refractivity (Wildman–Crippen MR) is 193 cm³/mol. The molecule has 270 valence electrons. The van der Waals surface area contributed by atoms with Gasteiger partial charge in [-0.25, -0.2) is 4.68 Å². The molecule has 3 heterocycles. The van der Waals surface area contributed by atoms with Crippen LogP contribution in [0, 0.1) is 18.3 Å². The maximum Gasteiger partial charge on any atom is 0.226 e. The van der Waals surface area contributed by atoms with E-state index in [1.165, 1.54) is 11.1 Å². The maximum atomic E-state index is 9.60. The molecule has 0 amide bonds. The lowest BCUT2D eigenvalue weighted by Gasteiger charge is -2.49. The number of anilines is 1. The van der Waals surface area contributed by atoms with E-state index in [1.54, 1.807) is 0 Å². The minimum atomic E-state index is 0.0699. The van der Waals surface area contributed by atoms with Crippen LogP contribution < -0.4 is 9.64 Å². The Morgan fingerprint density at radius 3 is 2.27 bits per heavy atom. The highest BCUT2D eigenvalue weighted by Gasteiger charge is 2.49. The number of aryl methyl sites for hydroxylation is 1. The van der Waals surface area contributed by atoms with Crippen molar-refractivity contribution in [1.29, 1.82) is 0 Å². The van der Waals surface area contributed by atoms with Gasteiger partial charge < -0.3 is 33.7 Å². The summed E-state index contributed by atoms with van der Waals surface area (Å²) in [6.45, 7) is 14.2. The van der Waals surface area contributed by atoms with Gasteiger partial charge in [0.25, 0.3) is 0 Å². The molecule has 3 aromatic rings. The lowest BCUT2D eigenvalue weighted by molar-refractivity contribution is -0.00187. The summed E-state index contributed by atoms with van der Waals surface area (Å²) in [6.07, 6.45) is 12.0. The van der Waals surface area contributed by atoms with Gasteiger partial charge in [-0.05, 0) is 72.9 Å². The van der Waals surface area contributed by atoms with Gasteiger partial charge in [-0.1, -0.05) is 39.7 Å². The predicted octanol–water partition coefficient (Wildman–Crippen LogP) is 5.65. The van der Waals surface area contributed by atoms with E-state index in [1.807, 2.05) is 38.6 Å². The Hall–Kier alpha value is -2.98. The standard InChI is InChI=1S/C33H42ClN5O6.2C2H6/c1-2-9-41-10-11-42-12-13-43-14-15-44-16-17-45-27-6-4-25-7-8-33(29(25)19-27)22-38(23-33)30-28-20-35-39(31(28)37-32(34)36-30)26-5-3-24(18-26)21-40;2*1-2/h1,4,6,19-20,24,26,40H,3,5,7-18,21-23H2;2*1-2H3. The Bertz CT molecular complexity index is 1470. The lowest BCUT2D eigenvalue weighted by Crippen LogP contribution is -2.58. The molecule has 0 bridgehead atoms. The number of aliphatic hydroxyl groups excluding tert-OH is 1. The van der Waals surface area contributed by atoms with Gasteiger partial charge in [0.1, 0.15) is 24.8 Å².